The van der Waals surface area contributed by atoms with Gasteiger partial charge in [-0.15, -0.1) is 33.1 Å². The molecule has 4 rings (SSSR count). The van der Waals surface area contributed by atoms with E-state index in [-0.39, 0.29) is 17.2 Å². The first-order valence-electron chi connectivity index (χ1n) is 10.2. The largest absolute Gasteiger partial charge is 0.392 e. The van der Waals surface area contributed by atoms with Crippen LogP contribution in [0.5, 0.6) is 0 Å². The van der Waals surface area contributed by atoms with Crippen LogP contribution in [0.3, 0.4) is 0 Å². The molecule has 1 aliphatic rings. The predicted molar refractivity (Wildman–Crippen MR) is 118 cm³/mol. The summed E-state index contributed by atoms with van der Waals surface area (Å²) in [7, 11) is 0. The molecule has 164 valence electrons. The highest BCUT2D eigenvalue weighted by Gasteiger charge is 2.41. The van der Waals surface area contributed by atoms with Gasteiger partial charge >= 0.3 is 0 Å². The van der Waals surface area contributed by atoms with Crippen molar-refractivity contribution in [3.63, 3.8) is 0 Å². The Morgan fingerprint density at radius 3 is 2.77 bits per heavy atom. The maximum absolute atomic E-state index is 13.5. The van der Waals surface area contributed by atoms with Gasteiger partial charge in [0.1, 0.15) is 11.6 Å². The number of rotatable bonds is 7. The maximum Gasteiger partial charge on any atom is 0.214 e. The van der Waals surface area contributed by atoms with Gasteiger partial charge in [-0.3, -0.25) is 0 Å². The summed E-state index contributed by atoms with van der Waals surface area (Å²) in [6.45, 7) is 1.90. The van der Waals surface area contributed by atoms with Crippen molar-refractivity contribution in [1.82, 2.24) is 20.6 Å². The molecule has 3 aromatic rings. The van der Waals surface area contributed by atoms with Crippen molar-refractivity contribution >= 4 is 29.0 Å². The third kappa shape index (κ3) is 5.19. The molecular formula is C22H23ClF2N4OS. The molecule has 1 fully saturated rings. The Hall–Kier alpha value is -2.16. The van der Waals surface area contributed by atoms with Crippen molar-refractivity contribution in [1.29, 1.82) is 0 Å². The molecule has 2 N–H and O–H groups in total. The van der Waals surface area contributed by atoms with Crippen molar-refractivity contribution < 1.29 is 13.9 Å². The van der Waals surface area contributed by atoms with Crippen molar-refractivity contribution in [3.8, 4) is 10.7 Å². The average Bonchev–Trinajstić information content (AvgIpc) is 3.42. The Labute approximate surface area is 188 Å². The standard InChI is InChI=1S/C22H23ClF2N4OS/c1-12(7-13-8-14(24)10-15(25)9-13)21-17(18(23)11-19(21)30)4-2-3-16-5-6-20(31-16)22-26-28-29-27-22/h5-10,17-19,21,30H,2-4,11H2,1H3,(H,26,27,28,29)/b12-7-/t17-,18+,19+,21+/m0/s1. The van der Waals surface area contributed by atoms with Gasteiger partial charge < -0.3 is 5.11 Å². The van der Waals surface area contributed by atoms with Crippen LogP contribution >= 0.6 is 22.9 Å². The molecule has 2 heterocycles. The number of tetrazole rings is 1. The first kappa shape index (κ1) is 22.0. The lowest BCUT2D eigenvalue weighted by atomic mass is 9.84. The first-order valence-corrected chi connectivity index (χ1v) is 11.4. The van der Waals surface area contributed by atoms with Gasteiger partial charge in [-0.05, 0) is 73.6 Å². The Bertz CT molecular complexity index is 1040. The lowest BCUT2D eigenvalue weighted by Gasteiger charge is -2.24. The van der Waals surface area contributed by atoms with E-state index in [1.807, 2.05) is 13.0 Å². The highest BCUT2D eigenvalue weighted by Crippen LogP contribution is 2.43. The number of aromatic nitrogens is 4. The van der Waals surface area contributed by atoms with Crippen molar-refractivity contribution in [2.24, 2.45) is 11.8 Å². The summed E-state index contributed by atoms with van der Waals surface area (Å²) in [5.41, 5.74) is 1.34. The van der Waals surface area contributed by atoms with Crippen LogP contribution in [0, 0.1) is 23.5 Å². The molecule has 0 aliphatic heterocycles. The van der Waals surface area contributed by atoms with Gasteiger partial charge in [-0.1, -0.05) is 11.6 Å². The summed E-state index contributed by atoms with van der Waals surface area (Å²) in [5.74, 6) is -0.677. The number of hydrogen-bond acceptors (Lipinski definition) is 5. The number of nitrogens with one attached hydrogen (secondary N) is 1. The van der Waals surface area contributed by atoms with Crippen LogP contribution in [0.15, 0.2) is 35.9 Å². The quantitative estimate of drug-likeness (QED) is 0.469. The van der Waals surface area contributed by atoms with E-state index in [0.717, 1.165) is 35.8 Å². The molecule has 1 saturated carbocycles. The monoisotopic (exact) mass is 464 g/mol. The van der Waals surface area contributed by atoms with E-state index >= 15 is 0 Å². The van der Waals surface area contributed by atoms with Crippen LogP contribution < -0.4 is 0 Å². The Morgan fingerprint density at radius 1 is 1.29 bits per heavy atom. The van der Waals surface area contributed by atoms with Crippen LogP contribution in [-0.2, 0) is 6.42 Å². The van der Waals surface area contributed by atoms with E-state index in [1.165, 1.54) is 17.0 Å². The minimum atomic E-state index is -0.617. The molecule has 0 radical (unpaired) electrons. The number of nitrogens with zero attached hydrogens (tertiary/aromatic N) is 3. The SMILES string of the molecule is C/C(=C/c1cc(F)cc(F)c1)[C@@H]1[C@@H](CCCc2ccc(-c3nn[nH]n3)s2)[C@H](Cl)C[C@H]1O. The number of hydrogen-bond donors (Lipinski definition) is 2. The molecule has 4 atom stereocenters. The fourth-order valence-electron chi connectivity index (χ4n) is 4.49. The summed E-state index contributed by atoms with van der Waals surface area (Å²) in [4.78, 5) is 2.19. The Morgan fingerprint density at radius 2 is 2.06 bits per heavy atom. The van der Waals surface area contributed by atoms with Gasteiger partial charge in [0.05, 0.1) is 11.0 Å². The minimum absolute atomic E-state index is 0.1000. The van der Waals surface area contributed by atoms with Crippen LogP contribution in [0.1, 0.15) is 36.6 Å². The lowest BCUT2D eigenvalue weighted by molar-refractivity contribution is 0.134. The van der Waals surface area contributed by atoms with Crippen molar-refractivity contribution in [2.45, 2.75) is 44.1 Å². The molecule has 9 heteroatoms. The van der Waals surface area contributed by atoms with Gasteiger partial charge in [0, 0.05) is 22.2 Å². The number of aromatic amines is 1. The number of alkyl halides is 1. The summed E-state index contributed by atoms with van der Waals surface area (Å²) in [5, 5.41) is 24.5. The van der Waals surface area contributed by atoms with Gasteiger partial charge in [-0.2, -0.15) is 5.21 Å². The molecule has 0 unspecified atom stereocenters. The number of aryl methyl sites for hydroxylation is 1. The third-order valence-corrected chi connectivity index (χ3v) is 7.44. The van der Waals surface area contributed by atoms with E-state index < -0.39 is 17.7 Å². The normalized spacial score (nSPS) is 24.1. The van der Waals surface area contributed by atoms with Gasteiger partial charge in [0.25, 0.3) is 0 Å². The van der Waals surface area contributed by atoms with Crippen LogP contribution in [0.4, 0.5) is 8.78 Å². The highest BCUT2D eigenvalue weighted by molar-refractivity contribution is 7.15. The molecule has 5 nitrogen and oxygen atoms in total. The number of benzene rings is 1. The second-order valence-electron chi connectivity index (χ2n) is 7.99. The molecule has 0 spiro atoms. The van der Waals surface area contributed by atoms with Crippen LogP contribution in [0.25, 0.3) is 16.8 Å². The number of thiophene rings is 1. The number of aliphatic hydroxyl groups excluding tert-OH is 1. The molecule has 0 amide bonds. The summed E-state index contributed by atoms with van der Waals surface area (Å²) in [6.07, 6.45) is 4.37. The zero-order valence-electron chi connectivity index (χ0n) is 16.9. The van der Waals surface area contributed by atoms with Gasteiger partial charge in [0.2, 0.25) is 5.82 Å². The van der Waals surface area contributed by atoms with Crippen molar-refractivity contribution in [2.75, 3.05) is 0 Å². The van der Waals surface area contributed by atoms with Crippen molar-refractivity contribution in [3.05, 3.63) is 58.0 Å². The average molecular weight is 465 g/mol. The maximum atomic E-state index is 13.5. The molecule has 1 aromatic carbocycles. The Balaban J connectivity index is 1.42. The molecule has 2 aromatic heterocycles. The molecule has 0 saturated heterocycles. The topological polar surface area (TPSA) is 74.7 Å². The number of halogens is 3. The van der Waals surface area contributed by atoms with E-state index in [4.69, 9.17) is 11.6 Å². The smallest absolute Gasteiger partial charge is 0.214 e. The minimum Gasteiger partial charge on any atom is -0.392 e. The second-order valence-corrected chi connectivity index (χ2v) is 9.72. The second kappa shape index (κ2) is 9.54. The number of H-pyrrole nitrogens is 1. The van der Waals surface area contributed by atoms with Crippen LogP contribution in [-0.4, -0.2) is 37.2 Å². The van der Waals surface area contributed by atoms with E-state index in [1.54, 1.807) is 17.4 Å². The van der Waals surface area contributed by atoms with Gasteiger partial charge in [0.15, 0.2) is 0 Å². The number of aliphatic hydroxyl groups is 1. The molecule has 0 bridgehead atoms. The summed E-state index contributed by atoms with van der Waals surface area (Å²) < 4.78 is 27.1. The fraction of sp³-hybridized carbons (Fsp3) is 0.409. The summed E-state index contributed by atoms with van der Waals surface area (Å²) in [6, 6.07) is 7.49. The van der Waals surface area contributed by atoms with E-state index in [0.29, 0.717) is 17.8 Å². The summed E-state index contributed by atoms with van der Waals surface area (Å²) >= 11 is 8.22. The molecular weight excluding hydrogens is 442 g/mol. The molecule has 31 heavy (non-hydrogen) atoms. The third-order valence-electron chi connectivity index (χ3n) is 5.80. The van der Waals surface area contributed by atoms with Crippen LogP contribution in [0.2, 0.25) is 0 Å². The zero-order valence-corrected chi connectivity index (χ0v) is 18.5. The highest BCUT2D eigenvalue weighted by atomic mass is 35.5. The van der Waals surface area contributed by atoms with E-state index in [2.05, 4.69) is 26.7 Å². The lowest BCUT2D eigenvalue weighted by Crippen LogP contribution is -2.22. The van der Waals surface area contributed by atoms with Gasteiger partial charge in [-0.25, -0.2) is 8.78 Å². The van der Waals surface area contributed by atoms with E-state index in [9.17, 15) is 13.9 Å². The Kier molecular flexibility index (Phi) is 6.79. The molecule has 1 aliphatic carbocycles. The first-order chi connectivity index (χ1) is 14.9. The fourth-order valence-corrected chi connectivity index (χ4v) is 5.94. The zero-order chi connectivity index (χ0) is 22.0. The predicted octanol–water partition coefficient (Wildman–Crippen LogP) is 5.24.